The highest BCUT2D eigenvalue weighted by Crippen LogP contribution is 2.48. The van der Waals surface area contributed by atoms with Gasteiger partial charge in [-0.3, -0.25) is 9.78 Å². The van der Waals surface area contributed by atoms with Gasteiger partial charge in [0, 0.05) is 56.7 Å². The molecule has 3 aliphatic rings. The fourth-order valence-corrected chi connectivity index (χ4v) is 5.36. The molecular formula is C22H27F6N3O3. The molecule has 1 aromatic heterocycles. The average Bonchev–Trinajstić information content (AvgIpc) is 3.21. The van der Waals surface area contributed by atoms with E-state index in [9.17, 15) is 36.2 Å². The molecule has 2 fully saturated rings. The number of aliphatic hydroxyl groups excluding tert-OH is 1. The van der Waals surface area contributed by atoms with Crippen molar-refractivity contribution in [3.05, 3.63) is 29.1 Å². The molecule has 1 amide bonds. The molecule has 6 nitrogen and oxygen atoms in total. The summed E-state index contributed by atoms with van der Waals surface area (Å²) >= 11 is 0. The fraction of sp³-hybridized carbons (Fsp3) is 0.727. The fourth-order valence-electron chi connectivity index (χ4n) is 5.36. The summed E-state index contributed by atoms with van der Waals surface area (Å²) in [6.07, 6.45) is -10.3. The molecule has 3 atom stereocenters. The molecule has 1 unspecified atom stereocenters. The number of rotatable bonds is 4. The quantitative estimate of drug-likeness (QED) is 0.628. The molecular weight excluding hydrogens is 468 g/mol. The predicted octanol–water partition coefficient (Wildman–Crippen LogP) is 3.22. The van der Waals surface area contributed by atoms with Crippen molar-refractivity contribution in [2.45, 2.75) is 75.6 Å². The van der Waals surface area contributed by atoms with Crippen molar-refractivity contribution in [2.75, 3.05) is 19.8 Å². The van der Waals surface area contributed by atoms with Crippen LogP contribution < -0.4 is 5.32 Å². The number of aromatic nitrogens is 1. The average molecular weight is 495 g/mol. The van der Waals surface area contributed by atoms with Gasteiger partial charge in [0.1, 0.15) is 0 Å². The van der Waals surface area contributed by atoms with E-state index < -0.39 is 35.3 Å². The van der Waals surface area contributed by atoms with Crippen LogP contribution in [0.25, 0.3) is 0 Å². The first-order valence-electron chi connectivity index (χ1n) is 11.3. The van der Waals surface area contributed by atoms with Crippen LogP contribution in [0.1, 0.15) is 48.9 Å². The van der Waals surface area contributed by atoms with Crippen LogP contribution in [-0.4, -0.2) is 65.0 Å². The molecule has 2 N–H and O–H groups in total. The molecule has 34 heavy (non-hydrogen) atoms. The number of pyridine rings is 1. The molecule has 0 radical (unpaired) electrons. The number of carbonyl (C=O) groups excluding carboxylic acids is 1. The Morgan fingerprint density at radius 2 is 1.88 bits per heavy atom. The molecule has 3 heterocycles. The lowest BCUT2D eigenvalue weighted by Crippen LogP contribution is -2.55. The van der Waals surface area contributed by atoms with Gasteiger partial charge in [0.15, 0.2) is 6.10 Å². The molecule has 1 aromatic rings. The van der Waals surface area contributed by atoms with Gasteiger partial charge in [-0.05, 0) is 43.7 Å². The number of fused-ring (bicyclic) bond motifs is 1. The summed E-state index contributed by atoms with van der Waals surface area (Å²) in [6.45, 7) is 0.825. The zero-order valence-electron chi connectivity index (χ0n) is 18.4. The summed E-state index contributed by atoms with van der Waals surface area (Å²) in [5.74, 6) is -0.878. The summed E-state index contributed by atoms with van der Waals surface area (Å²) in [5, 5.41) is 13.6. The smallest absolute Gasteiger partial charge is 0.383 e. The van der Waals surface area contributed by atoms with Gasteiger partial charge in [-0.1, -0.05) is 0 Å². The summed E-state index contributed by atoms with van der Waals surface area (Å²) in [5.41, 5.74) is -2.53. The monoisotopic (exact) mass is 495 g/mol. The van der Waals surface area contributed by atoms with Crippen molar-refractivity contribution in [1.29, 1.82) is 0 Å². The van der Waals surface area contributed by atoms with E-state index in [1.807, 2.05) is 0 Å². The van der Waals surface area contributed by atoms with Crippen LogP contribution in [0.15, 0.2) is 12.3 Å². The van der Waals surface area contributed by atoms with Crippen LogP contribution in [0.3, 0.4) is 0 Å². The minimum atomic E-state index is -5.01. The van der Waals surface area contributed by atoms with Crippen molar-refractivity contribution in [1.82, 2.24) is 15.2 Å². The van der Waals surface area contributed by atoms with E-state index in [0.29, 0.717) is 31.7 Å². The first kappa shape index (κ1) is 25.2. The number of alkyl halides is 6. The number of nitrogens with one attached hydrogen (secondary N) is 1. The SMILES string of the molecule is O=C(N1CCc2ncc(C(F)(F)F)cc2C1)[C@@]1(C(O)C(F)(F)F)CC[C@@H](NC2CCOCC2)C1. The van der Waals surface area contributed by atoms with E-state index in [-0.39, 0.29) is 56.4 Å². The van der Waals surface area contributed by atoms with Gasteiger partial charge in [-0.2, -0.15) is 26.3 Å². The lowest BCUT2D eigenvalue weighted by molar-refractivity contribution is -0.240. The van der Waals surface area contributed by atoms with E-state index in [1.165, 1.54) is 0 Å². The first-order valence-corrected chi connectivity index (χ1v) is 11.3. The highest BCUT2D eigenvalue weighted by Gasteiger charge is 2.61. The first-order chi connectivity index (χ1) is 15.9. The van der Waals surface area contributed by atoms with E-state index in [2.05, 4.69) is 10.3 Å². The van der Waals surface area contributed by atoms with Gasteiger partial charge in [-0.15, -0.1) is 0 Å². The number of halogens is 6. The Hall–Kier alpha value is -1.92. The van der Waals surface area contributed by atoms with Gasteiger partial charge in [0.2, 0.25) is 5.91 Å². The summed E-state index contributed by atoms with van der Waals surface area (Å²) < 4.78 is 85.7. The normalized spacial score (nSPS) is 27.5. The van der Waals surface area contributed by atoms with Crippen molar-refractivity contribution in [3.8, 4) is 0 Å². The third-order valence-corrected chi connectivity index (χ3v) is 7.16. The number of carbonyl (C=O) groups is 1. The molecule has 12 heteroatoms. The van der Waals surface area contributed by atoms with Crippen LogP contribution in [0.2, 0.25) is 0 Å². The predicted molar refractivity (Wildman–Crippen MR) is 107 cm³/mol. The molecule has 0 aromatic carbocycles. The van der Waals surface area contributed by atoms with Crippen LogP contribution in [-0.2, 0) is 28.7 Å². The lowest BCUT2D eigenvalue weighted by atomic mass is 9.77. The summed E-state index contributed by atoms with van der Waals surface area (Å²) in [4.78, 5) is 18.5. The van der Waals surface area contributed by atoms with Gasteiger partial charge in [0.05, 0.1) is 11.0 Å². The maximum atomic E-state index is 13.7. The van der Waals surface area contributed by atoms with E-state index >= 15 is 0 Å². The molecule has 0 bridgehead atoms. The van der Waals surface area contributed by atoms with Crippen LogP contribution in [0, 0.1) is 5.41 Å². The Balaban J connectivity index is 1.56. The Morgan fingerprint density at radius 3 is 2.53 bits per heavy atom. The topological polar surface area (TPSA) is 74.7 Å². The van der Waals surface area contributed by atoms with Crippen LogP contribution in [0.5, 0.6) is 0 Å². The minimum Gasteiger partial charge on any atom is -0.383 e. The molecule has 190 valence electrons. The standard InChI is InChI=1S/C22H27F6N3O3/c23-21(24,25)14-9-13-12-31(6-2-17(13)29-11-14)19(33)20(18(32)22(26,27)28)5-1-16(10-20)30-15-3-7-34-8-4-15/h9,11,15-16,18,30,32H,1-8,10,12H2/t16-,18?,20+/m1/s1. The van der Waals surface area contributed by atoms with Crippen molar-refractivity contribution >= 4 is 5.91 Å². The van der Waals surface area contributed by atoms with Gasteiger partial charge >= 0.3 is 12.4 Å². The Kier molecular flexibility index (Phi) is 6.87. The zero-order chi connectivity index (χ0) is 24.7. The molecule has 4 rings (SSSR count). The Morgan fingerprint density at radius 1 is 1.18 bits per heavy atom. The van der Waals surface area contributed by atoms with E-state index in [1.54, 1.807) is 0 Å². The third-order valence-electron chi connectivity index (χ3n) is 7.16. The zero-order valence-corrected chi connectivity index (χ0v) is 18.4. The molecule has 1 saturated carbocycles. The highest BCUT2D eigenvalue weighted by molar-refractivity contribution is 5.84. The van der Waals surface area contributed by atoms with Crippen molar-refractivity contribution in [2.24, 2.45) is 5.41 Å². The second-order valence-corrected chi connectivity index (χ2v) is 9.40. The maximum absolute atomic E-state index is 13.7. The Bertz CT molecular complexity index is 903. The van der Waals surface area contributed by atoms with Gasteiger partial charge in [-0.25, -0.2) is 0 Å². The van der Waals surface area contributed by atoms with Crippen LogP contribution >= 0.6 is 0 Å². The highest BCUT2D eigenvalue weighted by atomic mass is 19.4. The Labute approximate surface area is 192 Å². The second-order valence-electron chi connectivity index (χ2n) is 9.40. The molecule has 1 saturated heterocycles. The number of aliphatic hydroxyl groups is 1. The number of amides is 1. The third kappa shape index (κ3) is 5.03. The number of hydrogen-bond acceptors (Lipinski definition) is 5. The number of hydrogen-bond donors (Lipinski definition) is 2. The molecule has 1 aliphatic carbocycles. The minimum absolute atomic E-state index is 0.0224. The van der Waals surface area contributed by atoms with Gasteiger partial charge < -0.3 is 20.1 Å². The molecule has 0 spiro atoms. The molecule has 2 aliphatic heterocycles. The summed E-state index contributed by atoms with van der Waals surface area (Å²) in [7, 11) is 0. The van der Waals surface area contributed by atoms with Crippen LogP contribution in [0.4, 0.5) is 26.3 Å². The number of nitrogens with zero attached hydrogens (tertiary/aromatic N) is 2. The van der Waals surface area contributed by atoms with Gasteiger partial charge in [0.25, 0.3) is 0 Å². The largest absolute Gasteiger partial charge is 0.417 e. The van der Waals surface area contributed by atoms with Crippen molar-refractivity contribution < 1.29 is 41.0 Å². The number of ether oxygens (including phenoxy) is 1. The lowest BCUT2D eigenvalue weighted by Gasteiger charge is -2.40. The summed E-state index contributed by atoms with van der Waals surface area (Å²) in [6, 6.07) is 0.555. The van der Waals surface area contributed by atoms with Crippen molar-refractivity contribution in [3.63, 3.8) is 0 Å². The second kappa shape index (κ2) is 9.27. The van der Waals surface area contributed by atoms with E-state index in [0.717, 1.165) is 17.2 Å². The van der Waals surface area contributed by atoms with E-state index in [4.69, 9.17) is 4.74 Å². The maximum Gasteiger partial charge on any atom is 0.417 e.